The van der Waals surface area contributed by atoms with Crippen molar-refractivity contribution in [1.82, 2.24) is 4.98 Å². The lowest BCUT2D eigenvalue weighted by molar-refractivity contribution is 0.101. The van der Waals surface area contributed by atoms with Crippen LogP contribution in [0.2, 0.25) is 0 Å². The number of nitrogens with zero attached hydrogens (tertiary/aromatic N) is 2. The van der Waals surface area contributed by atoms with E-state index in [0.717, 1.165) is 5.56 Å². The number of carbonyl (C=O) groups excluding carboxylic acids is 1. The number of Topliss-reactive ketones (excluding diaryl/α,β-unsaturated/α-hetero) is 1. The number of methoxy groups -OCH3 is 1. The van der Waals surface area contributed by atoms with Gasteiger partial charge in [0, 0.05) is 36.1 Å². The van der Waals surface area contributed by atoms with Gasteiger partial charge in [0.2, 0.25) is 5.88 Å². The van der Waals surface area contributed by atoms with E-state index >= 15 is 0 Å². The lowest BCUT2D eigenvalue weighted by Crippen LogP contribution is -2.05. The molecule has 6 heteroatoms. The number of ketones is 1. The lowest BCUT2D eigenvalue weighted by Gasteiger charge is -2.11. The zero-order valence-corrected chi connectivity index (χ0v) is 15.6. The molecule has 1 heterocycles. The van der Waals surface area contributed by atoms with Gasteiger partial charge in [-0.2, -0.15) is 5.26 Å². The predicted octanol–water partition coefficient (Wildman–Crippen LogP) is 4.57. The van der Waals surface area contributed by atoms with Crippen molar-refractivity contribution in [1.29, 1.82) is 5.26 Å². The van der Waals surface area contributed by atoms with Crippen LogP contribution in [0, 0.1) is 11.3 Å². The number of hydrogen-bond donors (Lipinski definition) is 1. The van der Waals surface area contributed by atoms with Crippen LogP contribution in [-0.2, 0) is 6.54 Å². The van der Waals surface area contributed by atoms with E-state index in [2.05, 4.69) is 16.4 Å². The van der Waals surface area contributed by atoms with Crippen LogP contribution < -0.4 is 14.8 Å². The second-order valence-corrected chi connectivity index (χ2v) is 6.07. The summed E-state index contributed by atoms with van der Waals surface area (Å²) in [4.78, 5) is 16.1. The standard InChI is InChI=1S/C22H19N3O3/c1-15(26)20-8-6-16(12-23)10-21(20)24-13-17-7-9-22(25-14-17)28-19-5-3-4-18(11-19)27-2/h3-11,14,24H,13H2,1-2H3. The van der Waals surface area contributed by atoms with Gasteiger partial charge >= 0.3 is 0 Å². The molecule has 0 fully saturated rings. The second-order valence-electron chi connectivity index (χ2n) is 6.07. The number of hydrogen-bond acceptors (Lipinski definition) is 6. The maximum absolute atomic E-state index is 11.8. The number of anilines is 1. The summed E-state index contributed by atoms with van der Waals surface area (Å²) in [6.07, 6.45) is 1.70. The van der Waals surface area contributed by atoms with E-state index in [1.165, 1.54) is 6.92 Å². The van der Waals surface area contributed by atoms with E-state index < -0.39 is 0 Å². The molecule has 1 aromatic heterocycles. The highest BCUT2D eigenvalue weighted by atomic mass is 16.5. The minimum Gasteiger partial charge on any atom is -0.497 e. The summed E-state index contributed by atoms with van der Waals surface area (Å²) in [7, 11) is 1.60. The zero-order valence-electron chi connectivity index (χ0n) is 15.6. The molecule has 0 unspecified atom stereocenters. The highest BCUT2D eigenvalue weighted by molar-refractivity contribution is 5.99. The van der Waals surface area contributed by atoms with Gasteiger partial charge < -0.3 is 14.8 Å². The molecule has 140 valence electrons. The Morgan fingerprint density at radius 1 is 1.14 bits per heavy atom. The van der Waals surface area contributed by atoms with E-state index in [9.17, 15) is 4.79 Å². The van der Waals surface area contributed by atoms with Crippen LogP contribution in [0.5, 0.6) is 17.4 Å². The van der Waals surface area contributed by atoms with Crippen LogP contribution in [0.15, 0.2) is 60.8 Å². The minimum atomic E-state index is -0.0628. The molecular weight excluding hydrogens is 354 g/mol. The average Bonchev–Trinajstić information content (AvgIpc) is 2.73. The molecule has 0 amide bonds. The second kappa shape index (κ2) is 8.69. The first-order valence-electron chi connectivity index (χ1n) is 8.65. The molecule has 28 heavy (non-hydrogen) atoms. The topological polar surface area (TPSA) is 84.2 Å². The molecule has 0 bridgehead atoms. The molecule has 0 radical (unpaired) electrons. The van der Waals surface area contributed by atoms with Crippen molar-refractivity contribution >= 4 is 11.5 Å². The first-order chi connectivity index (χ1) is 13.6. The van der Waals surface area contributed by atoms with Gasteiger partial charge in [-0.3, -0.25) is 4.79 Å². The summed E-state index contributed by atoms with van der Waals surface area (Å²) in [6.45, 7) is 1.96. The van der Waals surface area contributed by atoms with Gasteiger partial charge in [-0.1, -0.05) is 12.1 Å². The Kier molecular flexibility index (Phi) is 5.87. The quantitative estimate of drug-likeness (QED) is 0.611. The van der Waals surface area contributed by atoms with Gasteiger partial charge in [-0.05, 0) is 42.8 Å². The van der Waals surface area contributed by atoms with Crippen molar-refractivity contribution in [2.24, 2.45) is 0 Å². The molecule has 3 rings (SSSR count). The van der Waals surface area contributed by atoms with Crippen molar-refractivity contribution in [3.8, 4) is 23.4 Å². The fourth-order valence-electron chi connectivity index (χ4n) is 2.63. The van der Waals surface area contributed by atoms with E-state index in [1.807, 2.05) is 24.3 Å². The van der Waals surface area contributed by atoms with E-state index in [4.69, 9.17) is 14.7 Å². The number of nitrogens with one attached hydrogen (secondary N) is 1. The molecule has 0 aliphatic carbocycles. The monoisotopic (exact) mass is 373 g/mol. The van der Waals surface area contributed by atoms with E-state index in [1.54, 1.807) is 43.6 Å². The third kappa shape index (κ3) is 4.65. The highest BCUT2D eigenvalue weighted by Crippen LogP contribution is 2.24. The van der Waals surface area contributed by atoms with Crippen LogP contribution >= 0.6 is 0 Å². The fraction of sp³-hybridized carbons (Fsp3) is 0.136. The van der Waals surface area contributed by atoms with Crippen molar-refractivity contribution in [2.45, 2.75) is 13.5 Å². The molecule has 0 aliphatic rings. The number of ether oxygens (including phenoxy) is 2. The predicted molar refractivity (Wildman–Crippen MR) is 106 cm³/mol. The molecular formula is C22H19N3O3. The Hall–Kier alpha value is -3.85. The van der Waals surface area contributed by atoms with Gasteiger partial charge in [-0.25, -0.2) is 4.98 Å². The number of aromatic nitrogens is 1. The van der Waals surface area contributed by atoms with Crippen LogP contribution in [0.3, 0.4) is 0 Å². The van der Waals surface area contributed by atoms with Gasteiger partial charge in [0.1, 0.15) is 11.5 Å². The van der Waals surface area contributed by atoms with Gasteiger partial charge in [0.25, 0.3) is 0 Å². The Balaban J connectivity index is 1.68. The van der Waals surface area contributed by atoms with Crippen molar-refractivity contribution in [3.63, 3.8) is 0 Å². The van der Waals surface area contributed by atoms with Crippen molar-refractivity contribution in [2.75, 3.05) is 12.4 Å². The molecule has 0 spiro atoms. The lowest BCUT2D eigenvalue weighted by atomic mass is 10.1. The Morgan fingerprint density at radius 3 is 2.64 bits per heavy atom. The third-order valence-corrected chi connectivity index (χ3v) is 4.07. The maximum Gasteiger partial charge on any atom is 0.219 e. The number of rotatable bonds is 7. The summed E-state index contributed by atoms with van der Waals surface area (Å²) in [5, 5.41) is 12.3. The molecule has 1 N–H and O–H groups in total. The Morgan fingerprint density at radius 2 is 1.96 bits per heavy atom. The van der Waals surface area contributed by atoms with Gasteiger partial charge in [0.05, 0.1) is 18.7 Å². The smallest absolute Gasteiger partial charge is 0.219 e. The summed E-state index contributed by atoms with van der Waals surface area (Å²) in [5.74, 6) is 1.75. The van der Waals surface area contributed by atoms with Crippen LogP contribution in [-0.4, -0.2) is 17.9 Å². The van der Waals surface area contributed by atoms with Crippen LogP contribution in [0.1, 0.15) is 28.4 Å². The molecule has 2 aromatic carbocycles. The summed E-state index contributed by atoms with van der Waals surface area (Å²) in [5.41, 5.74) is 2.58. The largest absolute Gasteiger partial charge is 0.497 e. The average molecular weight is 373 g/mol. The fourth-order valence-corrected chi connectivity index (χ4v) is 2.63. The maximum atomic E-state index is 11.8. The molecule has 0 atom stereocenters. The van der Waals surface area contributed by atoms with Crippen molar-refractivity contribution in [3.05, 3.63) is 77.5 Å². The molecule has 3 aromatic rings. The highest BCUT2D eigenvalue weighted by Gasteiger charge is 2.08. The van der Waals surface area contributed by atoms with Crippen LogP contribution in [0.25, 0.3) is 0 Å². The molecule has 0 aliphatic heterocycles. The summed E-state index contributed by atoms with van der Waals surface area (Å²) in [6, 6.07) is 18.0. The Labute approximate surface area is 163 Å². The first kappa shape index (κ1) is 18.9. The zero-order chi connectivity index (χ0) is 19.9. The van der Waals surface area contributed by atoms with E-state index in [-0.39, 0.29) is 5.78 Å². The third-order valence-electron chi connectivity index (χ3n) is 4.07. The molecule has 6 nitrogen and oxygen atoms in total. The number of pyridine rings is 1. The first-order valence-corrected chi connectivity index (χ1v) is 8.65. The summed E-state index contributed by atoms with van der Waals surface area (Å²) < 4.78 is 10.9. The minimum absolute atomic E-state index is 0.0628. The Bertz CT molecular complexity index is 1020. The van der Waals surface area contributed by atoms with E-state index in [0.29, 0.717) is 40.7 Å². The SMILES string of the molecule is COc1cccc(Oc2ccc(CNc3cc(C#N)ccc3C(C)=O)cn2)c1. The van der Waals surface area contributed by atoms with Gasteiger partial charge in [0.15, 0.2) is 5.78 Å². The number of carbonyl (C=O) groups is 1. The molecule has 0 saturated heterocycles. The van der Waals surface area contributed by atoms with Crippen molar-refractivity contribution < 1.29 is 14.3 Å². The number of benzene rings is 2. The molecule has 0 saturated carbocycles. The summed E-state index contributed by atoms with van der Waals surface area (Å²) >= 11 is 0. The van der Waals surface area contributed by atoms with Crippen LogP contribution in [0.4, 0.5) is 5.69 Å². The van der Waals surface area contributed by atoms with Gasteiger partial charge in [-0.15, -0.1) is 0 Å². The number of nitriles is 1. The normalized spacial score (nSPS) is 10.0.